The largest absolute Gasteiger partial charge is 0.396 e. The van der Waals surface area contributed by atoms with Gasteiger partial charge in [-0.05, 0) is 63.8 Å². The number of nitrogens with zero attached hydrogens (tertiary/aromatic N) is 1. The summed E-state index contributed by atoms with van der Waals surface area (Å²) in [7, 11) is 0. The van der Waals surface area contributed by atoms with Gasteiger partial charge in [0.25, 0.3) is 0 Å². The lowest BCUT2D eigenvalue weighted by Gasteiger charge is -2.32. The van der Waals surface area contributed by atoms with Crippen molar-refractivity contribution in [1.29, 1.82) is 0 Å². The first-order chi connectivity index (χ1) is 9.26. The first-order valence-electron chi connectivity index (χ1n) is 7.87. The fourth-order valence-corrected chi connectivity index (χ4v) is 3.63. The van der Waals surface area contributed by atoms with E-state index in [1.807, 2.05) is 0 Å². The Morgan fingerprint density at radius 3 is 2.58 bits per heavy atom. The van der Waals surface area contributed by atoms with E-state index in [9.17, 15) is 4.79 Å². The molecule has 1 amide bonds. The van der Waals surface area contributed by atoms with Crippen molar-refractivity contribution in [2.24, 2.45) is 17.6 Å². The summed E-state index contributed by atoms with van der Waals surface area (Å²) in [6, 6.07) is 0.381. The van der Waals surface area contributed by atoms with Crippen molar-refractivity contribution < 1.29 is 9.90 Å². The third-order valence-electron chi connectivity index (χ3n) is 4.89. The second kappa shape index (κ2) is 7.25. The van der Waals surface area contributed by atoms with Gasteiger partial charge >= 0.3 is 0 Å². The van der Waals surface area contributed by atoms with Gasteiger partial charge in [0.2, 0.25) is 5.91 Å². The molecule has 2 rings (SSSR count). The van der Waals surface area contributed by atoms with Crippen LogP contribution in [0.2, 0.25) is 0 Å². The van der Waals surface area contributed by atoms with Gasteiger partial charge in [-0.2, -0.15) is 0 Å². The van der Waals surface area contributed by atoms with Crippen molar-refractivity contribution in [2.45, 2.75) is 57.4 Å². The summed E-state index contributed by atoms with van der Waals surface area (Å²) in [5, 5.41) is 8.94. The molecule has 1 saturated carbocycles. The Hall–Kier alpha value is -0.610. The summed E-state index contributed by atoms with van der Waals surface area (Å²) in [5.41, 5.74) is 5.70. The summed E-state index contributed by atoms with van der Waals surface area (Å²) < 4.78 is 0. The van der Waals surface area contributed by atoms with E-state index >= 15 is 0 Å². The molecule has 0 spiro atoms. The van der Waals surface area contributed by atoms with Crippen LogP contribution in [0.1, 0.15) is 51.4 Å². The SMILES string of the molecule is NCC1CCC(C(=O)N2CCCC2CCCO)CC1. The second-order valence-corrected chi connectivity index (χ2v) is 6.15. The van der Waals surface area contributed by atoms with Gasteiger partial charge in [-0.25, -0.2) is 0 Å². The average Bonchev–Trinajstić information content (AvgIpc) is 2.92. The lowest BCUT2D eigenvalue weighted by molar-refractivity contribution is -0.137. The number of nitrogens with two attached hydrogens (primary N) is 1. The van der Waals surface area contributed by atoms with Crippen molar-refractivity contribution in [3.63, 3.8) is 0 Å². The molecule has 1 aliphatic heterocycles. The fraction of sp³-hybridized carbons (Fsp3) is 0.933. The molecule has 1 saturated heterocycles. The second-order valence-electron chi connectivity index (χ2n) is 6.15. The molecule has 2 fully saturated rings. The van der Waals surface area contributed by atoms with E-state index in [0.29, 0.717) is 17.9 Å². The molecule has 19 heavy (non-hydrogen) atoms. The van der Waals surface area contributed by atoms with Crippen LogP contribution in [0.15, 0.2) is 0 Å². The van der Waals surface area contributed by atoms with Crippen LogP contribution < -0.4 is 5.73 Å². The van der Waals surface area contributed by atoms with Gasteiger partial charge in [-0.3, -0.25) is 4.79 Å². The molecule has 0 aromatic heterocycles. The van der Waals surface area contributed by atoms with E-state index in [4.69, 9.17) is 10.8 Å². The Balaban J connectivity index is 1.85. The molecule has 3 N–H and O–H groups in total. The molecule has 110 valence electrons. The van der Waals surface area contributed by atoms with Gasteiger partial charge < -0.3 is 15.7 Å². The fourth-order valence-electron chi connectivity index (χ4n) is 3.63. The average molecular weight is 268 g/mol. The molecule has 2 aliphatic rings. The third kappa shape index (κ3) is 3.69. The van der Waals surface area contributed by atoms with Crippen molar-refractivity contribution in [2.75, 3.05) is 19.7 Å². The van der Waals surface area contributed by atoms with Crippen LogP contribution in [-0.2, 0) is 4.79 Å². The Labute approximate surface area is 116 Å². The van der Waals surface area contributed by atoms with Crippen LogP contribution in [0.5, 0.6) is 0 Å². The monoisotopic (exact) mass is 268 g/mol. The van der Waals surface area contributed by atoms with E-state index < -0.39 is 0 Å². The summed E-state index contributed by atoms with van der Waals surface area (Å²) in [5.74, 6) is 1.24. The van der Waals surface area contributed by atoms with Gasteiger partial charge in [0.15, 0.2) is 0 Å². The molecule has 1 atom stereocenters. The number of aliphatic hydroxyl groups excluding tert-OH is 1. The van der Waals surface area contributed by atoms with Gasteiger partial charge in [-0.15, -0.1) is 0 Å². The highest BCUT2D eigenvalue weighted by Crippen LogP contribution is 2.32. The smallest absolute Gasteiger partial charge is 0.225 e. The summed E-state index contributed by atoms with van der Waals surface area (Å²) in [4.78, 5) is 14.7. The first kappa shape index (κ1) is 14.8. The van der Waals surface area contributed by atoms with Gasteiger partial charge in [-0.1, -0.05) is 0 Å². The van der Waals surface area contributed by atoms with E-state index in [-0.39, 0.29) is 12.5 Å². The summed E-state index contributed by atoms with van der Waals surface area (Å²) >= 11 is 0. The Morgan fingerprint density at radius 2 is 1.95 bits per heavy atom. The summed E-state index contributed by atoms with van der Waals surface area (Å²) in [6.45, 7) is 1.93. The Morgan fingerprint density at radius 1 is 1.21 bits per heavy atom. The van der Waals surface area contributed by atoms with E-state index in [0.717, 1.165) is 64.5 Å². The van der Waals surface area contributed by atoms with Gasteiger partial charge in [0.05, 0.1) is 0 Å². The predicted octanol–water partition coefficient (Wildman–Crippen LogP) is 1.51. The van der Waals surface area contributed by atoms with Crippen LogP contribution >= 0.6 is 0 Å². The maximum atomic E-state index is 12.6. The number of rotatable bonds is 5. The molecule has 1 heterocycles. The molecule has 0 aromatic rings. The minimum atomic E-state index is 0.234. The highest BCUT2D eigenvalue weighted by Gasteiger charge is 2.34. The molecular formula is C15H28N2O2. The highest BCUT2D eigenvalue weighted by atomic mass is 16.3. The van der Waals surface area contributed by atoms with Gasteiger partial charge in [0.1, 0.15) is 0 Å². The van der Waals surface area contributed by atoms with Crippen molar-refractivity contribution >= 4 is 5.91 Å². The lowest BCUT2D eigenvalue weighted by atomic mass is 9.81. The van der Waals surface area contributed by atoms with Gasteiger partial charge in [0, 0.05) is 25.1 Å². The first-order valence-corrected chi connectivity index (χ1v) is 7.87. The molecule has 0 aromatic carbocycles. The topological polar surface area (TPSA) is 66.6 Å². The zero-order valence-corrected chi connectivity index (χ0v) is 11.9. The number of likely N-dealkylation sites (tertiary alicyclic amines) is 1. The molecule has 4 nitrogen and oxygen atoms in total. The molecule has 4 heteroatoms. The zero-order valence-electron chi connectivity index (χ0n) is 11.9. The Bertz CT molecular complexity index is 288. The number of carbonyl (C=O) groups is 1. The number of carbonyl (C=O) groups excluding carboxylic acids is 1. The summed E-state index contributed by atoms with van der Waals surface area (Å²) in [6.07, 6.45) is 8.27. The van der Waals surface area contributed by atoms with Crippen molar-refractivity contribution in [1.82, 2.24) is 4.90 Å². The van der Waals surface area contributed by atoms with E-state index in [2.05, 4.69) is 4.90 Å². The predicted molar refractivity (Wildman–Crippen MR) is 75.6 cm³/mol. The highest BCUT2D eigenvalue weighted by molar-refractivity contribution is 5.79. The maximum Gasteiger partial charge on any atom is 0.225 e. The van der Waals surface area contributed by atoms with E-state index in [1.54, 1.807) is 0 Å². The quantitative estimate of drug-likeness (QED) is 0.794. The maximum absolute atomic E-state index is 12.6. The van der Waals surface area contributed by atoms with Crippen LogP contribution in [0.4, 0.5) is 0 Å². The number of amides is 1. The number of hydrogen-bond donors (Lipinski definition) is 2. The molecule has 1 unspecified atom stereocenters. The van der Waals surface area contributed by atoms with Crippen molar-refractivity contribution in [3.8, 4) is 0 Å². The molecule has 0 radical (unpaired) electrons. The molecule has 0 bridgehead atoms. The van der Waals surface area contributed by atoms with E-state index in [1.165, 1.54) is 0 Å². The normalized spacial score (nSPS) is 31.7. The third-order valence-corrected chi connectivity index (χ3v) is 4.89. The zero-order chi connectivity index (χ0) is 13.7. The van der Waals surface area contributed by atoms with Crippen LogP contribution in [0, 0.1) is 11.8 Å². The lowest BCUT2D eigenvalue weighted by Crippen LogP contribution is -2.41. The standard InChI is InChI=1S/C15H28N2O2/c16-11-12-5-7-13(8-6-12)15(19)17-9-1-3-14(17)4-2-10-18/h12-14,18H,1-11,16H2. The van der Waals surface area contributed by atoms with Crippen LogP contribution in [0.3, 0.4) is 0 Å². The van der Waals surface area contributed by atoms with Crippen LogP contribution in [-0.4, -0.2) is 41.7 Å². The molecule has 1 aliphatic carbocycles. The Kier molecular flexibility index (Phi) is 5.64. The van der Waals surface area contributed by atoms with Crippen LogP contribution in [0.25, 0.3) is 0 Å². The minimum Gasteiger partial charge on any atom is -0.396 e. The van der Waals surface area contributed by atoms with Crippen molar-refractivity contribution in [3.05, 3.63) is 0 Å². The molecular weight excluding hydrogens is 240 g/mol. The number of hydrogen-bond acceptors (Lipinski definition) is 3. The minimum absolute atomic E-state index is 0.234. The number of aliphatic hydroxyl groups is 1.